The quantitative estimate of drug-likeness (QED) is 0.671. The minimum atomic E-state index is -4.43. The number of amides is 4. The fourth-order valence-corrected chi connectivity index (χ4v) is 4.00. The number of benzene rings is 2. The number of nitrogens with zero attached hydrogens (tertiary/aromatic N) is 1. The van der Waals surface area contributed by atoms with E-state index in [1.165, 1.54) is 17.0 Å². The molecule has 0 aromatic heterocycles. The number of carbonyl (C=O) groups excluding carboxylic acids is 4. The summed E-state index contributed by atoms with van der Waals surface area (Å²) in [4.78, 5) is 49.8. The number of hydrogen-bond acceptors (Lipinski definition) is 4. The summed E-state index contributed by atoms with van der Waals surface area (Å²) in [6.45, 7) is 0.410. The molecule has 0 radical (unpaired) electrons. The molecule has 0 bridgehead atoms. The molecule has 1 unspecified atom stereocenters. The van der Waals surface area contributed by atoms with E-state index in [9.17, 15) is 32.3 Å². The zero-order valence-electron chi connectivity index (χ0n) is 17.4. The second-order valence-corrected chi connectivity index (χ2v) is 8.04. The molecule has 0 spiro atoms. The lowest BCUT2D eigenvalue weighted by atomic mass is 10.0. The van der Waals surface area contributed by atoms with Gasteiger partial charge in [-0.15, -0.1) is 0 Å². The predicted octanol–water partition coefficient (Wildman–Crippen LogP) is 2.33. The number of fused-ring (bicyclic) bond motifs is 1. The Hall–Kier alpha value is -3.69. The summed E-state index contributed by atoms with van der Waals surface area (Å²) < 4.78 is 37.9. The van der Waals surface area contributed by atoms with Crippen LogP contribution in [0.25, 0.3) is 0 Å². The van der Waals surface area contributed by atoms with Gasteiger partial charge in [-0.05, 0) is 41.3 Å². The van der Waals surface area contributed by atoms with Gasteiger partial charge in [0, 0.05) is 25.1 Å². The first kappa shape index (κ1) is 22.5. The van der Waals surface area contributed by atoms with Crippen LogP contribution in [-0.4, -0.2) is 34.6 Å². The third kappa shape index (κ3) is 4.89. The van der Waals surface area contributed by atoms with Crippen molar-refractivity contribution < 1.29 is 32.3 Å². The van der Waals surface area contributed by atoms with Gasteiger partial charge in [0.2, 0.25) is 17.7 Å². The van der Waals surface area contributed by atoms with Crippen molar-refractivity contribution in [1.82, 2.24) is 15.5 Å². The predicted molar refractivity (Wildman–Crippen MR) is 109 cm³/mol. The van der Waals surface area contributed by atoms with Crippen LogP contribution in [0.5, 0.6) is 0 Å². The lowest BCUT2D eigenvalue weighted by Crippen LogP contribution is -2.52. The highest BCUT2D eigenvalue weighted by Crippen LogP contribution is 2.30. The van der Waals surface area contributed by atoms with E-state index in [1.807, 2.05) is 0 Å². The molecule has 2 aliphatic rings. The molecule has 2 N–H and O–H groups in total. The van der Waals surface area contributed by atoms with Crippen molar-refractivity contribution in [1.29, 1.82) is 0 Å². The van der Waals surface area contributed by atoms with Gasteiger partial charge in [0.1, 0.15) is 6.04 Å². The summed E-state index contributed by atoms with van der Waals surface area (Å²) in [6, 6.07) is 8.83. The van der Waals surface area contributed by atoms with Crippen molar-refractivity contribution in [2.75, 3.05) is 0 Å². The molecule has 2 heterocycles. The molecule has 4 rings (SSSR count). The standard InChI is InChI=1S/C23H20F3N3O4/c24-23(25,26)16-4-1-13(2-5-16)10-20(31)27-11-14-3-6-17-15(9-14)12-29(22(17)33)18-7-8-19(30)28-21(18)32/h1-6,9,18H,7-8,10-12H2,(H,27,31)(H,28,30,32). The molecule has 0 aliphatic carbocycles. The first-order valence-electron chi connectivity index (χ1n) is 10.3. The Morgan fingerprint density at radius 3 is 2.42 bits per heavy atom. The van der Waals surface area contributed by atoms with Crippen LogP contribution in [0.2, 0.25) is 0 Å². The van der Waals surface area contributed by atoms with E-state index in [1.54, 1.807) is 18.2 Å². The highest BCUT2D eigenvalue weighted by molar-refractivity contribution is 6.05. The number of halogens is 3. The molecule has 0 saturated carbocycles. The fraction of sp³-hybridized carbons (Fsp3) is 0.304. The summed E-state index contributed by atoms with van der Waals surface area (Å²) in [7, 11) is 0. The molecule has 7 nitrogen and oxygen atoms in total. The van der Waals surface area contributed by atoms with Gasteiger partial charge in [-0.2, -0.15) is 13.2 Å². The van der Waals surface area contributed by atoms with Gasteiger partial charge in [-0.1, -0.05) is 24.3 Å². The SMILES string of the molecule is O=C(Cc1ccc(C(F)(F)F)cc1)NCc1ccc2c(c1)CN(C1CCC(=O)NC1=O)C2=O. The molecule has 4 amide bonds. The zero-order valence-corrected chi connectivity index (χ0v) is 17.4. The molecular weight excluding hydrogens is 439 g/mol. The Kier molecular flexibility index (Phi) is 5.92. The highest BCUT2D eigenvalue weighted by Gasteiger charge is 2.39. The van der Waals surface area contributed by atoms with E-state index < -0.39 is 23.7 Å². The number of hydrogen-bond donors (Lipinski definition) is 2. The van der Waals surface area contributed by atoms with Crippen LogP contribution in [0.15, 0.2) is 42.5 Å². The monoisotopic (exact) mass is 459 g/mol. The van der Waals surface area contributed by atoms with Crippen molar-refractivity contribution in [2.45, 2.75) is 44.6 Å². The minimum Gasteiger partial charge on any atom is -0.352 e. The van der Waals surface area contributed by atoms with Crippen LogP contribution < -0.4 is 10.6 Å². The van der Waals surface area contributed by atoms with E-state index >= 15 is 0 Å². The molecular formula is C23H20F3N3O4. The number of imide groups is 1. The van der Waals surface area contributed by atoms with E-state index in [0.717, 1.165) is 23.3 Å². The molecule has 1 fully saturated rings. The second-order valence-electron chi connectivity index (χ2n) is 8.04. The van der Waals surface area contributed by atoms with Crippen LogP contribution in [0.3, 0.4) is 0 Å². The number of carbonyl (C=O) groups is 4. The zero-order chi connectivity index (χ0) is 23.8. The van der Waals surface area contributed by atoms with E-state index in [2.05, 4.69) is 10.6 Å². The normalized spacial score (nSPS) is 18.2. The van der Waals surface area contributed by atoms with Gasteiger partial charge in [-0.25, -0.2) is 0 Å². The molecule has 2 aromatic carbocycles. The Morgan fingerprint density at radius 1 is 1.06 bits per heavy atom. The topological polar surface area (TPSA) is 95.6 Å². The van der Waals surface area contributed by atoms with Gasteiger partial charge >= 0.3 is 6.18 Å². The molecule has 1 atom stereocenters. The largest absolute Gasteiger partial charge is 0.416 e. The first-order valence-corrected chi connectivity index (χ1v) is 10.3. The number of piperidine rings is 1. The second kappa shape index (κ2) is 8.68. The van der Waals surface area contributed by atoms with Gasteiger partial charge in [-0.3, -0.25) is 24.5 Å². The van der Waals surface area contributed by atoms with Crippen LogP contribution in [-0.2, 0) is 40.1 Å². The maximum absolute atomic E-state index is 12.7. The van der Waals surface area contributed by atoms with E-state index in [4.69, 9.17) is 0 Å². The Labute approximate surface area is 186 Å². The third-order valence-corrected chi connectivity index (χ3v) is 5.72. The van der Waals surface area contributed by atoms with Gasteiger partial charge in [0.05, 0.1) is 12.0 Å². The highest BCUT2D eigenvalue weighted by atomic mass is 19.4. The summed E-state index contributed by atoms with van der Waals surface area (Å²) in [6.07, 6.45) is -4.04. The summed E-state index contributed by atoms with van der Waals surface area (Å²) in [5.41, 5.74) is 1.62. The molecule has 33 heavy (non-hydrogen) atoms. The maximum atomic E-state index is 12.7. The van der Waals surface area contributed by atoms with E-state index in [-0.39, 0.29) is 50.1 Å². The average Bonchev–Trinajstić information content (AvgIpc) is 3.07. The van der Waals surface area contributed by atoms with Crippen LogP contribution in [0.4, 0.5) is 13.2 Å². The van der Waals surface area contributed by atoms with Gasteiger partial charge < -0.3 is 10.2 Å². The molecule has 10 heteroatoms. The first-order chi connectivity index (χ1) is 15.6. The van der Waals surface area contributed by atoms with Crippen LogP contribution >= 0.6 is 0 Å². The number of nitrogens with one attached hydrogen (secondary N) is 2. The van der Waals surface area contributed by atoms with Crippen molar-refractivity contribution in [3.05, 3.63) is 70.3 Å². The third-order valence-electron chi connectivity index (χ3n) is 5.72. The summed E-state index contributed by atoms with van der Waals surface area (Å²) in [5.74, 6) is -1.47. The average molecular weight is 459 g/mol. The van der Waals surface area contributed by atoms with Crippen molar-refractivity contribution in [3.63, 3.8) is 0 Å². The number of rotatable bonds is 5. The molecule has 2 aromatic rings. The van der Waals surface area contributed by atoms with Crippen molar-refractivity contribution >= 4 is 23.6 Å². The maximum Gasteiger partial charge on any atom is 0.416 e. The van der Waals surface area contributed by atoms with Gasteiger partial charge in [0.15, 0.2) is 0 Å². The fourth-order valence-electron chi connectivity index (χ4n) is 4.00. The molecule has 172 valence electrons. The summed E-state index contributed by atoms with van der Waals surface area (Å²) in [5, 5.41) is 4.97. The lowest BCUT2D eigenvalue weighted by molar-refractivity contribution is -0.138. The van der Waals surface area contributed by atoms with E-state index in [0.29, 0.717) is 11.1 Å². The Morgan fingerprint density at radius 2 is 1.76 bits per heavy atom. The van der Waals surface area contributed by atoms with Crippen LogP contribution in [0, 0.1) is 0 Å². The Balaban J connectivity index is 1.35. The van der Waals surface area contributed by atoms with Gasteiger partial charge in [0.25, 0.3) is 5.91 Å². The Bertz CT molecular complexity index is 1130. The lowest BCUT2D eigenvalue weighted by Gasteiger charge is -2.29. The van der Waals surface area contributed by atoms with Crippen molar-refractivity contribution in [3.8, 4) is 0 Å². The molecule has 1 saturated heterocycles. The van der Waals surface area contributed by atoms with Crippen LogP contribution in [0.1, 0.15) is 45.5 Å². The minimum absolute atomic E-state index is 0.0646. The summed E-state index contributed by atoms with van der Waals surface area (Å²) >= 11 is 0. The molecule has 2 aliphatic heterocycles. The number of alkyl halides is 3. The van der Waals surface area contributed by atoms with Crippen molar-refractivity contribution in [2.24, 2.45) is 0 Å². The smallest absolute Gasteiger partial charge is 0.352 e.